The molecule has 1 unspecified atom stereocenters. The van der Waals surface area contributed by atoms with Crippen molar-refractivity contribution in [3.05, 3.63) is 46.5 Å². The number of ether oxygens (including phenoxy) is 5. The lowest BCUT2D eigenvalue weighted by atomic mass is 9.77. The largest absolute Gasteiger partial charge is 0.495 e. The number of thioether (sulfide) groups is 1. The molecule has 0 radical (unpaired) electrons. The zero-order chi connectivity index (χ0) is 51.4. The Morgan fingerprint density at radius 2 is 1.79 bits per heavy atom. The molecule has 3 saturated heterocycles. The second-order valence-electron chi connectivity index (χ2n) is 19.8. The number of epoxide rings is 1. The molecule has 5 aliphatic rings. The third-order valence-corrected chi connectivity index (χ3v) is 16.9. The molecule has 10 atom stereocenters. The van der Waals surface area contributed by atoms with Crippen LogP contribution in [0.25, 0.3) is 0 Å². The summed E-state index contributed by atoms with van der Waals surface area (Å²) >= 11 is 12.3. The number of nitrogens with one attached hydrogen (secondary N) is 1. The van der Waals surface area contributed by atoms with E-state index in [9.17, 15) is 38.7 Å². The van der Waals surface area contributed by atoms with Crippen LogP contribution in [-0.2, 0) is 54.1 Å². The molecule has 4 aliphatic heterocycles. The van der Waals surface area contributed by atoms with Gasteiger partial charge in [0.1, 0.15) is 46.5 Å². The fraction of sp³-hybridized carbons (Fsp3) is 0.660. The second kappa shape index (κ2) is 23.2. The van der Waals surface area contributed by atoms with Gasteiger partial charge in [0.05, 0.1) is 30.6 Å². The van der Waals surface area contributed by atoms with Crippen LogP contribution in [0.4, 0.5) is 10.5 Å². The minimum Gasteiger partial charge on any atom is -0.495 e. The Labute approximate surface area is 425 Å². The number of thiol groups is 1. The average molecular weight is 1030 g/mol. The van der Waals surface area contributed by atoms with Crippen LogP contribution in [-0.4, -0.2) is 150 Å². The Hall–Kier alpha value is -4.14. The summed E-state index contributed by atoms with van der Waals surface area (Å²) in [6.45, 7) is 9.09. The lowest BCUT2D eigenvalue weighted by Gasteiger charge is -2.42. The number of hydrogen-bond acceptors (Lipinski definition) is 15. The number of likely N-dealkylation sites (N-methyl/N-ethyl adjacent to an activating group) is 1. The first kappa shape index (κ1) is 55.2. The minimum absolute atomic E-state index is 0.0113. The highest BCUT2D eigenvalue weighted by Gasteiger charge is 2.64. The lowest BCUT2D eigenvalue weighted by molar-refractivity contribution is -0.162. The number of nitrogens with zero attached hydrogens (tertiary/aromatic N) is 3. The topological polar surface area (TPSA) is 211 Å². The molecule has 0 spiro atoms. The summed E-state index contributed by atoms with van der Waals surface area (Å²) in [4.78, 5) is 98.1. The Morgan fingerprint density at radius 3 is 2.44 bits per heavy atom. The van der Waals surface area contributed by atoms with Crippen molar-refractivity contribution in [3.8, 4) is 5.75 Å². The van der Waals surface area contributed by atoms with Gasteiger partial charge in [-0.05, 0) is 82.2 Å². The van der Waals surface area contributed by atoms with Crippen molar-refractivity contribution in [1.82, 2.24) is 15.1 Å². The van der Waals surface area contributed by atoms with E-state index in [1.54, 1.807) is 45.2 Å². The summed E-state index contributed by atoms with van der Waals surface area (Å²) in [7, 11) is 5.91. The van der Waals surface area contributed by atoms with Gasteiger partial charge >= 0.3 is 12.1 Å². The molecule has 4 bridgehead atoms. The zero-order valence-corrected chi connectivity index (χ0v) is 44.0. The third kappa shape index (κ3) is 12.4. The van der Waals surface area contributed by atoms with Gasteiger partial charge in [-0.3, -0.25) is 34.2 Å². The maximum absolute atomic E-state index is 14.4. The lowest BCUT2D eigenvalue weighted by Crippen LogP contribution is -2.63. The predicted octanol–water partition coefficient (Wildman–Crippen LogP) is 5.71. The Kier molecular flexibility index (Phi) is 18.3. The van der Waals surface area contributed by atoms with Gasteiger partial charge in [-0.2, -0.15) is 12.6 Å². The van der Waals surface area contributed by atoms with Gasteiger partial charge in [-0.15, -0.1) is 11.8 Å². The molecule has 6 rings (SSSR count). The number of esters is 1. The van der Waals surface area contributed by atoms with E-state index in [1.165, 1.54) is 54.7 Å². The fourth-order valence-corrected chi connectivity index (χ4v) is 11.6. The molecule has 5 amide bonds. The van der Waals surface area contributed by atoms with E-state index in [2.05, 4.69) is 17.9 Å². The number of ketones is 1. The first-order valence-corrected chi connectivity index (χ1v) is 26.1. The van der Waals surface area contributed by atoms with Crippen LogP contribution in [0.15, 0.2) is 35.9 Å². The van der Waals surface area contributed by atoms with Crippen LogP contribution in [0.1, 0.15) is 91.5 Å². The molecule has 2 N–H and O–H groups in total. The van der Waals surface area contributed by atoms with Gasteiger partial charge in [-0.1, -0.05) is 49.2 Å². The molecule has 1 aromatic rings. The molecule has 17 nitrogen and oxygen atoms in total. The van der Waals surface area contributed by atoms with E-state index in [1.807, 2.05) is 19.9 Å². The van der Waals surface area contributed by atoms with Crippen molar-refractivity contribution in [3.63, 3.8) is 0 Å². The number of amides is 5. The number of fused-ring (bicyclic) bond motifs is 5. The molecule has 20 heteroatoms. The van der Waals surface area contributed by atoms with Gasteiger partial charge in [0, 0.05) is 70.5 Å². The Bertz CT molecular complexity index is 2240. The number of likely N-dealkylation sites (tertiary alicyclic amines) is 1. The Balaban J connectivity index is 1.13. The number of aliphatic hydroxyl groups is 1. The maximum atomic E-state index is 14.4. The first-order chi connectivity index (χ1) is 33.0. The number of alkyl carbamates (subject to hydrolysis) is 1. The van der Waals surface area contributed by atoms with Crippen molar-refractivity contribution in [2.75, 3.05) is 51.3 Å². The summed E-state index contributed by atoms with van der Waals surface area (Å²) in [5.41, 5.74) is -1.14. The number of carbonyl (C=O) groups is 7. The van der Waals surface area contributed by atoms with Crippen LogP contribution in [0.2, 0.25) is 5.02 Å². The molecular weight excluding hydrogens is 964 g/mol. The van der Waals surface area contributed by atoms with Crippen LogP contribution in [0, 0.1) is 23.7 Å². The number of imide groups is 1. The standard InChI is InChI=1S/C50H69ClN4O13S2/c1-27-11-10-12-38(65-9)50(63)24-36(66-48(62)52-50)29(3)45-49(5,68-45)39(23-41(57)54(7)34-20-32(19-27)21-35(64-8)43(34)51)67-47(61)30(4)53(6)40(56)17-18-70-37-22-42(58)55(46(37)60)25-31-13-15-33(16-14-31)44(59)28(2)26-69/h10-12,20-21,28-31,33,36-39,45,63,69H,13-19,22-26H2,1-9H3,(H,52,62)/b12-10+,27-11+/t28?,29-,30+,31-,33-,36+,37+,38-,39+,45+,49+,50+/m1/s1. The SMILES string of the molecule is COc1cc2cc(c1Cl)N(C)C(=O)C[C@H](OC(=O)[C@H](C)N(C)C(=O)CCS[C@H]1CC(=O)N(C[C@H]3CC[C@H](C(=O)C(C)CS)CC3)C1=O)[C@]1(C)O[C@H]1[C@H](C)[C@@H]1C[C@@](O)(NC(=O)O1)[C@H](OC)/C=C/C=C(\C)C2. The number of carbonyl (C=O) groups excluding carboxylic acids is 7. The number of halogens is 1. The van der Waals surface area contributed by atoms with Crippen LogP contribution < -0.4 is 15.0 Å². The molecule has 1 aromatic carbocycles. The molecule has 4 fully saturated rings. The molecule has 4 heterocycles. The highest BCUT2D eigenvalue weighted by molar-refractivity contribution is 8.00. The molecule has 70 heavy (non-hydrogen) atoms. The zero-order valence-electron chi connectivity index (χ0n) is 41.6. The molecular formula is C50H69ClN4O13S2. The van der Waals surface area contributed by atoms with Crippen molar-refractivity contribution < 1.29 is 62.4 Å². The Morgan fingerprint density at radius 1 is 1.09 bits per heavy atom. The fourth-order valence-electron chi connectivity index (χ4n) is 10.0. The molecule has 1 saturated carbocycles. The molecule has 386 valence electrons. The van der Waals surface area contributed by atoms with Crippen molar-refractivity contribution in [1.29, 1.82) is 0 Å². The maximum Gasteiger partial charge on any atom is 0.409 e. The van der Waals surface area contributed by atoms with Gasteiger partial charge in [-0.25, -0.2) is 9.59 Å². The van der Waals surface area contributed by atoms with Crippen LogP contribution in [0.5, 0.6) is 5.75 Å². The van der Waals surface area contributed by atoms with Crippen LogP contribution in [0.3, 0.4) is 0 Å². The monoisotopic (exact) mass is 1030 g/mol. The number of benzene rings is 1. The van der Waals surface area contributed by atoms with E-state index >= 15 is 0 Å². The summed E-state index contributed by atoms with van der Waals surface area (Å²) in [6.07, 6.45) is 3.46. The highest BCUT2D eigenvalue weighted by Crippen LogP contribution is 2.49. The van der Waals surface area contributed by atoms with E-state index in [0.29, 0.717) is 30.2 Å². The second-order valence-corrected chi connectivity index (χ2v) is 21.8. The summed E-state index contributed by atoms with van der Waals surface area (Å²) in [5.74, 6) is -1.50. The number of rotatable bonds is 14. The minimum atomic E-state index is -1.87. The molecule has 0 aromatic heterocycles. The van der Waals surface area contributed by atoms with Crippen LogP contribution >= 0.6 is 36.0 Å². The van der Waals surface area contributed by atoms with Crippen molar-refractivity contribution in [2.24, 2.45) is 23.7 Å². The van der Waals surface area contributed by atoms with E-state index in [4.69, 9.17) is 35.3 Å². The quantitative estimate of drug-likeness (QED) is 0.0883. The van der Waals surface area contributed by atoms with Crippen molar-refractivity contribution in [2.45, 2.75) is 139 Å². The van der Waals surface area contributed by atoms with Crippen molar-refractivity contribution >= 4 is 83.2 Å². The van der Waals surface area contributed by atoms with Gasteiger partial charge in [0.25, 0.3) is 0 Å². The smallest absolute Gasteiger partial charge is 0.409 e. The van der Waals surface area contributed by atoms with E-state index in [0.717, 1.165) is 36.8 Å². The molecule has 1 aliphatic carbocycles. The van der Waals surface area contributed by atoms with E-state index < -0.39 is 76.8 Å². The number of allylic oxidation sites excluding steroid dienone is 3. The summed E-state index contributed by atoms with van der Waals surface area (Å²) in [6, 6.07) is 2.43. The number of anilines is 1. The predicted molar refractivity (Wildman–Crippen MR) is 267 cm³/mol. The number of methoxy groups -OCH3 is 2. The summed E-state index contributed by atoms with van der Waals surface area (Å²) < 4.78 is 29.4. The van der Waals surface area contributed by atoms with Gasteiger partial charge in [0.15, 0.2) is 5.72 Å². The average Bonchev–Trinajstić information content (AvgIpc) is 3.96. The number of Topliss-reactive ketones (excluding diaryl/α,β-unsaturated/α-hetero) is 1. The first-order valence-electron chi connectivity index (χ1n) is 24.0. The van der Waals surface area contributed by atoms with Gasteiger partial charge in [0.2, 0.25) is 23.6 Å². The van der Waals surface area contributed by atoms with Gasteiger partial charge < -0.3 is 38.6 Å². The normalized spacial score (nSPS) is 32.7. The van der Waals surface area contributed by atoms with E-state index in [-0.39, 0.29) is 71.8 Å². The highest BCUT2D eigenvalue weighted by atomic mass is 35.5. The third-order valence-electron chi connectivity index (χ3n) is 14.8. The number of hydrogen-bond donors (Lipinski definition) is 3. The summed E-state index contributed by atoms with van der Waals surface area (Å²) in [5, 5.41) is 13.9.